The van der Waals surface area contributed by atoms with Crippen molar-refractivity contribution in [3.05, 3.63) is 42.0 Å². The molecule has 2 aromatic heterocycles. The molecule has 4 aliphatic rings. The maximum atomic E-state index is 12.9. The van der Waals surface area contributed by atoms with Gasteiger partial charge in [0.05, 0.1) is 29.7 Å². The molecule has 7 heteroatoms. The van der Waals surface area contributed by atoms with E-state index in [9.17, 15) is 4.79 Å². The van der Waals surface area contributed by atoms with Gasteiger partial charge in [0.25, 0.3) is 5.91 Å². The van der Waals surface area contributed by atoms with Crippen LogP contribution >= 0.6 is 0 Å². The van der Waals surface area contributed by atoms with E-state index in [1.54, 1.807) is 12.4 Å². The van der Waals surface area contributed by atoms with Gasteiger partial charge >= 0.3 is 0 Å². The molecule has 6 rings (SSSR count). The van der Waals surface area contributed by atoms with Gasteiger partial charge in [0.15, 0.2) is 0 Å². The van der Waals surface area contributed by atoms with Gasteiger partial charge in [0.1, 0.15) is 5.75 Å². The van der Waals surface area contributed by atoms with Gasteiger partial charge in [0, 0.05) is 29.9 Å². The van der Waals surface area contributed by atoms with E-state index in [1.807, 2.05) is 25.3 Å². The maximum Gasteiger partial charge on any atom is 0.255 e. The highest BCUT2D eigenvalue weighted by molar-refractivity contribution is 6.06. The van der Waals surface area contributed by atoms with Crippen LogP contribution in [0.4, 0.5) is 5.69 Å². The second-order valence-electron chi connectivity index (χ2n) is 9.18. The number of fused-ring (bicyclic) bond motifs is 6. The third-order valence-electron chi connectivity index (χ3n) is 7.08. The van der Waals surface area contributed by atoms with Crippen LogP contribution < -0.4 is 15.4 Å². The minimum atomic E-state index is -0.0238. The minimum absolute atomic E-state index is 0.0238. The molecule has 1 atom stereocenters. The molecule has 0 radical (unpaired) electrons. The summed E-state index contributed by atoms with van der Waals surface area (Å²) in [5.74, 6) is 1.60. The zero-order valence-electron chi connectivity index (χ0n) is 18.8. The Kier molecular flexibility index (Phi) is 6.17. The highest BCUT2D eigenvalue weighted by atomic mass is 16.5. The van der Waals surface area contributed by atoms with Crippen molar-refractivity contribution in [3.8, 4) is 17.0 Å². The normalized spacial score (nSPS) is 25.8. The molecule has 1 unspecified atom stereocenters. The summed E-state index contributed by atoms with van der Waals surface area (Å²) in [7, 11) is 0. The van der Waals surface area contributed by atoms with E-state index >= 15 is 0 Å². The first-order valence-corrected chi connectivity index (χ1v) is 12.0. The van der Waals surface area contributed by atoms with Crippen molar-refractivity contribution >= 4 is 11.6 Å². The van der Waals surface area contributed by atoms with Crippen LogP contribution in [0.15, 0.2) is 30.7 Å². The lowest BCUT2D eigenvalue weighted by Crippen LogP contribution is -2.36. The predicted molar refractivity (Wildman–Crippen MR) is 126 cm³/mol. The highest BCUT2D eigenvalue weighted by Gasteiger charge is 2.33. The summed E-state index contributed by atoms with van der Waals surface area (Å²) in [6, 6.07) is 1.98. The van der Waals surface area contributed by atoms with Crippen molar-refractivity contribution in [3.63, 3.8) is 0 Å². The van der Waals surface area contributed by atoms with Crippen LogP contribution in [-0.2, 0) is 0 Å². The maximum absolute atomic E-state index is 12.9. The van der Waals surface area contributed by atoms with Gasteiger partial charge in [0.2, 0.25) is 0 Å². The first kappa shape index (κ1) is 21.1. The second-order valence-corrected chi connectivity index (χ2v) is 9.18. The average molecular weight is 436 g/mol. The first-order chi connectivity index (χ1) is 15.7. The number of anilines is 1. The zero-order valence-corrected chi connectivity index (χ0v) is 18.8. The van der Waals surface area contributed by atoms with E-state index < -0.39 is 0 Å². The van der Waals surface area contributed by atoms with E-state index in [-0.39, 0.29) is 11.8 Å². The van der Waals surface area contributed by atoms with Crippen LogP contribution in [0.25, 0.3) is 11.3 Å². The third kappa shape index (κ3) is 4.13. The first-order valence-electron chi connectivity index (χ1n) is 12.0. The number of ether oxygens (including phenoxy) is 1. The van der Waals surface area contributed by atoms with E-state index in [4.69, 9.17) is 4.74 Å². The van der Waals surface area contributed by atoms with E-state index in [0.717, 1.165) is 66.4 Å². The standard InChI is InChI=1S/C25H33N5O2/c1-2-9-27-24-21-22-18(14-28-25(21)31)5-3-4-11-30-12-7-17(8-13-30)16-32-20-15-26-10-6-19(20)23(24)29-22/h2,6,9-10,15,17-18,27,29H,3-5,7-8,11-14,16H2,1H3,(H,28,31)/b9-2+. The lowest BCUT2D eigenvalue weighted by atomic mass is 9.91. The molecule has 4 aliphatic heterocycles. The molecule has 1 saturated heterocycles. The summed E-state index contributed by atoms with van der Waals surface area (Å²) in [6.07, 6.45) is 13.2. The molecular formula is C25H33N5O2. The number of carbonyl (C=O) groups is 1. The Morgan fingerprint density at radius 1 is 1.22 bits per heavy atom. The Morgan fingerprint density at radius 2 is 2.09 bits per heavy atom. The fourth-order valence-electron chi connectivity index (χ4n) is 5.24. The number of amides is 1. The number of aromatic nitrogens is 2. The number of carbonyl (C=O) groups excluding carboxylic acids is 1. The number of pyridine rings is 1. The largest absolute Gasteiger partial charge is 0.491 e. The van der Waals surface area contributed by atoms with Crippen LogP contribution in [0.5, 0.6) is 5.75 Å². The summed E-state index contributed by atoms with van der Waals surface area (Å²) in [4.78, 5) is 23.5. The molecule has 1 fully saturated rings. The second kappa shape index (κ2) is 9.36. The van der Waals surface area contributed by atoms with E-state index in [1.165, 1.54) is 19.3 Å². The molecule has 0 aromatic carbocycles. The van der Waals surface area contributed by atoms with Crippen LogP contribution in [0.2, 0.25) is 0 Å². The summed E-state index contributed by atoms with van der Waals surface area (Å²) in [6.45, 7) is 6.83. The monoisotopic (exact) mass is 435 g/mol. The summed E-state index contributed by atoms with van der Waals surface area (Å²) < 4.78 is 6.34. The van der Waals surface area contributed by atoms with E-state index in [2.05, 4.69) is 25.5 Å². The fourth-order valence-corrected chi connectivity index (χ4v) is 5.24. The fraction of sp³-hybridized carbons (Fsp3) is 0.520. The predicted octanol–water partition coefficient (Wildman–Crippen LogP) is 4.12. The minimum Gasteiger partial charge on any atom is -0.491 e. The Bertz CT molecular complexity index is 990. The van der Waals surface area contributed by atoms with Crippen LogP contribution in [-0.4, -0.2) is 53.6 Å². The Morgan fingerprint density at radius 3 is 2.94 bits per heavy atom. The van der Waals surface area contributed by atoms with Gasteiger partial charge in [-0.3, -0.25) is 9.78 Å². The van der Waals surface area contributed by atoms with Gasteiger partial charge < -0.3 is 25.3 Å². The van der Waals surface area contributed by atoms with Crippen LogP contribution in [0.1, 0.15) is 61.0 Å². The van der Waals surface area contributed by atoms with Gasteiger partial charge in [-0.25, -0.2) is 0 Å². The number of allylic oxidation sites excluding steroid dienone is 1. The molecule has 170 valence electrons. The van der Waals surface area contributed by atoms with Crippen LogP contribution in [0, 0.1) is 5.92 Å². The number of piperidine rings is 1. The molecule has 32 heavy (non-hydrogen) atoms. The topological polar surface area (TPSA) is 82.3 Å². The molecule has 0 saturated carbocycles. The third-order valence-corrected chi connectivity index (χ3v) is 7.08. The van der Waals surface area contributed by atoms with Crippen molar-refractivity contribution in [2.75, 3.05) is 38.1 Å². The summed E-state index contributed by atoms with van der Waals surface area (Å²) in [5, 5.41) is 6.48. The molecule has 3 N–H and O–H groups in total. The number of hydrogen-bond acceptors (Lipinski definition) is 5. The van der Waals surface area contributed by atoms with Crippen LogP contribution in [0.3, 0.4) is 0 Å². The number of H-pyrrole nitrogens is 1. The van der Waals surface area contributed by atoms with E-state index in [0.29, 0.717) is 19.1 Å². The van der Waals surface area contributed by atoms with Crippen molar-refractivity contribution in [1.29, 1.82) is 0 Å². The van der Waals surface area contributed by atoms with Crippen molar-refractivity contribution in [1.82, 2.24) is 20.2 Å². The molecular weight excluding hydrogens is 402 g/mol. The van der Waals surface area contributed by atoms with Crippen molar-refractivity contribution in [2.45, 2.75) is 44.9 Å². The molecule has 7 nitrogen and oxygen atoms in total. The molecule has 2 aromatic rings. The quantitative estimate of drug-likeness (QED) is 0.661. The zero-order chi connectivity index (χ0) is 21.9. The molecule has 0 aliphatic carbocycles. The SMILES string of the molecule is C/C=C/Nc1c2[nH]c3c1C(=O)NCC3CCCCN1CCC(CC1)COc1cnccc1-2. The van der Waals surface area contributed by atoms with Gasteiger partial charge in [-0.2, -0.15) is 0 Å². The Balaban J connectivity index is 1.59. The lowest BCUT2D eigenvalue weighted by Gasteiger charge is -2.32. The Labute approximate surface area is 189 Å². The van der Waals surface area contributed by atoms with Crippen molar-refractivity contribution < 1.29 is 9.53 Å². The summed E-state index contributed by atoms with van der Waals surface area (Å²) >= 11 is 0. The molecule has 0 spiro atoms. The number of rotatable bonds is 2. The number of nitrogens with zero attached hydrogens (tertiary/aromatic N) is 2. The summed E-state index contributed by atoms with van der Waals surface area (Å²) in [5.41, 5.74) is 4.41. The molecule has 1 amide bonds. The van der Waals surface area contributed by atoms with Gasteiger partial charge in [-0.15, -0.1) is 0 Å². The smallest absolute Gasteiger partial charge is 0.255 e. The molecule has 6 heterocycles. The van der Waals surface area contributed by atoms with Crippen molar-refractivity contribution in [2.24, 2.45) is 5.92 Å². The average Bonchev–Trinajstić information content (AvgIpc) is 3.21. The number of nitrogens with one attached hydrogen (secondary N) is 3. The number of hydrogen-bond donors (Lipinski definition) is 3. The molecule has 4 bridgehead atoms. The lowest BCUT2D eigenvalue weighted by molar-refractivity contribution is 0.0939. The number of aromatic amines is 1. The van der Waals surface area contributed by atoms with Gasteiger partial charge in [-0.05, 0) is 70.4 Å². The highest BCUT2D eigenvalue weighted by Crippen LogP contribution is 2.42. The Hall–Kier alpha value is -2.80. The van der Waals surface area contributed by atoms with Gasteiger partial charge in [-0.1, -0.05) is 12.5 Å².